The largest absolute Gasteiger partial charge is 0.444 e. The first-order valence-electron chi connectivity index (χ1n) is 6.86. The van der Waals surface area contributed by atoms with Gasteiger partial charge >= 0.3 is 6.09 Å². The molecule has 18 heavy (non-hydrogen) atoms. The van der Waals surface area contributed by atoms with Crippen molar-refractivity contribution in [2.24, 2.45) is 5.92 Å². The number of piperidine rings is 1. The summed E-state index contributed by atoms with van der Waals surface area (Å²) < 4.78 is 5.46. The molecule has 4 atom stereocenters. The normalized spacial score (nSPS) is 36.9. The van der Waals surface area contributed by atoms with Crippen LogP contribution in [0.15, 0.2) is 0 Å². The fourth-order valence-electron chi connectivity index (χ4n) is 3.55. The van der Waals surface area contributed by atoms with Crippen molar-refractivity contribution in [1.29, 1.82) is 0 Å². The Morgan fingerprint density at radius 3 is 2.56 bits per heavy atom. The van der Waals surface area contributed by atoms with Gasteiger partial charge in [-0.05, 0) is 52.9 Å². The first kappa shape index (κ1) is 13.7. The Morgan fingerprint density at radius 2 is 2.06 bits per heavy atom. The number of carbonyl (C=O) groups excluding carboxylic acids is 1. The number of ether oxygens (including phenoxy) is 1. The number of hydrogen-bond donors (Lipinski definition) is 1. The fraction of sp³-hybridized carbons (Fsp3) is 0.929. The molecule has 4 unspecified atom stereocenters. The Hall–Kier alpha value is -0.770. The van der Waals surface area contributed by atoms with E-state index in [9.17, 15) is 9.90 Å². The predicted molar refractivity (Wildman–Crippen MR) is 69.3 cm³/mol. The fourth-order valence-corrected chi connectivity index (χ4v) is 3.55. The van der Waals surface area contributed by atoms with Gasteiger partial charge in [0.25, 0.3) is 0 Å². The average Bonchev–Trinajstić information content (AvgIpc) is 2.12. The van der Waals surface area contributed by atoms with Crippen molar-refractivity contribution >= 4 is 6.09 Å². The number of fused-ring (bicyclic) bond motifs is 2. The smallest absolute Gasteiger partial charge is 0.411 e. The Morgan fingerprint density at radius 1 is 1.44 bits per heavy atom. The van der Waals surface area contributed by atoms with Crippen molar-refractivity contribution in [3.63, 3.8) is 0 Å². The molecule has 4 heteroatoms. The monoisotopic (exact) mass is 255 g/mol. The molecule has 2 saturated heterocycles. The molecular weight excluding hydrogens is 230 g/mol. The van der Waals surface area contributed by atoms with Crippen LogP contribution in [0.2, 0.25) is 0 Å². The van der Waals surface area contributed by atoms with Gasteiger partial charge in [-0.15, -0.1) is 0 Å². The highest BCUT2D eigenvalue weighted by atomic mass is 16.6. The molecule has 0 spiro atoms. The summed E-state index contributed by atoms with van der Waals surface area (Å²) >= 11 is 0. The van der Waals surface area contributed by atoms with Gasteiger partial charge in [0.2, 0.25) is 0 Å². The van der Waals surface area contributed by atoms with Crippen LogP contribution in [0.4, 0.5) is 4.79 Å². The molecule has 1 N–H and O–H groups in total. The van der Waals surface area contributed by atoms with Crippen molar-refractivity contribution in [3.8, 4) is 0 Å². The number of nitrogens with zero attached hydrogens (tertiary/aromatic N) is 1. The van der Waals surface area contributed by atoms with E-state index in [2.05, 4.69) is 6.92 Å². The number of amides is 1. The minimum atomic E-state index is -0.496. The summed E-state index contributed by atoms with van der Waals surface area (Å²) in [4.78, 5) is 14.1. The van der Waals surface area contributed by atoms with Gasteiger partial charge in [-0.1, -0.05) is 6.92 Å². The minimum absolute atomic E-state index is 0.248. The van der Waals surface area contributed by atoms with E-state index in [4.69, 9.17) is 4.74 Å². The molecule has 2 bridgehead atoms. The average molecular weight is 255 g/mol. The number of rotatable bonds is 1. The van der Waals surface area contributed by atoms with E-state index in [0.29, 0.717) is 5.92 Å². The number of hydrogen-bond acceptors (Lipinski definition) is 3. The maximum absolute atomic E-state index is 12.3. The number of carbonyl (C=O) groups is 1. The highest BCUT2D eigenvalue weighted by Gasteiger charge is 2.61. The van der Waals surface area contributed by atoms with E-state index in [1.54, 1.807) is 11.8 Å². The van der Waals surface area contributed by atoms with Crippen LogP contribution in [-0.4, -0.2) is 39.4 Å². The molecular formula is C14H25NO3. The van der Waals surface area contributed by atoms with Gasteiger partial charge in [-0.25, -0.2) is 4.79 Å². The summed E-state index contributed by atoms with van der Waals surface area (Å²) in [7, 11) is 0. The molecule has 0 aromatic rings. The Bertz CT molecular complexity index is 347. The molecule has 1 saturated carbocycles. The lowest BCUT2D eigenvalue weighted by molar-refractivity contribution is -0.167. The maximum atomic E-state index is 12.3. The highest BCUT2D eigenvalue weighted by molar-refractivity contribution is 5.71. The lowest BCUT2D eigenvalue weighted by Gasteiger charge is -2.64. The molecule has 3 fully saturated rings. The Labute approximate surface area is 109 Å². The summed E-state index contributed by atoms with van der Waals surface area (Å²) in [5.41, 5.74) is -0.864. The SMILES string of the molecule is CC1CC2CC(C(C)O)(C1)N2C(=O)OC(C)(C)C. The van der Waals surface area contributed by atoms with Gasteiger partial charge in [0.05, 0.1) is 11.6 Å². The third-order valence-corrected chi connectivity index (χ3v) is 4.18. The van der Waals surface area contributed by atoms with E-state index in [-0.39, 0.29) is 17.7 Å². The van der Waals surface area contributed by atoms with Crippen molar-refractivity contribution < 1.29 is 14.6 Å². The van der Waals surface area contributed by atoms with Crippen LogP contribution in [0.3, 0.4) is 0 Å². The Kier molecular flexibility index (Phi) is 3.13. The third-order valence-electron chi connectivity index (χ3n) is 4.18. The van der Waals surface area contributed by atoms with Gasteiger partial charge in [0.1, 0.15) is 5.60 Å². The molecule has 1 aliphatic carbocycles. The second kappa shape index (κ2) is 4.12. The van der Waals surface area contributed by atoms with Crippen LogP contribution >= 0.6 is 0 Å². The Balaban J connectivity index is 2.16. The second-order valence-electron chi connectivity index (χ2n) is 7.03. The maximum Gasteiger partial charge on any atom is 0.411 e. The summed E-state index contributed by atoms with van der Waals surface area (Å²) in [5, 5.41) is 10.1. The second-order valence-corrected chi connectivity index (χ2v) is 7.03. The molecule has 3 rings (SSSR count). The van der Waals surface area contributed by atoms with E-state index < -0.39 is 11.7 Å². The predicted octanol–water partition coefficient (Wildman–Crippen LogP) is 2.55. The van der Waals surface area contributed by atoms with E-state index in [0.717, 1.165) is 19.3 Å². The van der Waals surface area contributed by atoms with Crippen LogP contribution in [-0.2, 0) is 4.74 Å². The summed E-state index contributed by atoms with van der Waals surface area (Å²) in [6.07, 6.45) is 2.04. The van der Waals surface area contributed by atoms with Gasteiger partial charge in [-0.2, -0.15) is 0 Å². The zero-order valence-electron chi connectivity index (χ0n) is 12.1. The minimum Gasteiger partial charge on any atom is -0.444 e. The molecule has 0 radical (unpaired) electrons. The quantitative estimate of drug-likeness (QED) is 0.783. The van der Waals surface area contributed by atoms with Crippen LogP contribution in [0.5, 0.6) is 0 Å². The third kappa shape index (κ3) is 2.11. The standard InChI is InChI=1S/C14H25NO3/c1-9-6-11-8-14(7-9,10(2)16)15(11)12(17)18-13(3,4)5/h9-11,16H,6-8H2,1-5H3. The molecule has 2 heterocycles. The first-order valence-corrected chi connectivity index (χ1v) is 6.86. The lowest BCUT2D eigenvalue weighted by Crippen LogP contribution is -2.75. The molecule has 1 amide bonds. The van der Waals surface area contributed by atoms with Gasteiger partial charge in [0, 0.05) is 6.04 Å². The van der Waals surface area contributed by atoms with Crippen molar-refractivity contribution in [2.75, 3.05) is 0 Å². The van der Waals surface area contributed by atoms with E-state index in [1.165, 1.54) is 0 Å². The van der Waals surface area contributed by atoms with Crippen LogP contribution in [0.25, 0.3) is 0 Å². The molecule has 3 aliphatic rings. The van der Waals surface area contributed by atoms with E-state index >= 15 is 0 Å². The summed E-state index contributed by atoms with van der Waals surface area (Å²) in [5.74, 6) is 0.567. The summed E-state index contributed by atoms with van der Waals surface area (Å²) in [6.45, 7) is 9.59. The topological polar surface area (TPSA) is 49.8 Å². The summed E-state index contributed by atoms with van der Waals surface area (Å²) in [6, 6.07) is 0.248. The molecule has 0 aromatic carbocycles. The van der Waals surface area contributed by atoms with Crippen molar-refractivity contribution in [3.05, 3.63) is 0 Å². The van der Waals surface area contributed by atoms with Crippen LogP contribution in [0.1, 0.15) is 53.9 Å². The number of aliphatic hydroxyl groups excluding tert-OH is 1. The zero-order valence-corrected chi connectivity index (χ0v) is 12.1. The van der Waals surface area contributed by atoms with Gasteiger partial charge < -0.3 is 9.84 Å². The first-order chi connectivity index (χ1) is 8.16. The molecule has 4 nitrogen and oxygen atoms in total. The van der Waals surface area contributed by atoms with Crippen molar-refractivity contribution in [1.82, 2.24) is 4.90 Å². The highest BCUT2D eigenvalue weighted by Crippen LogP contribution is 2.51. The van der Waals surface area contributed by atoms with Crippen molar-refractivity contribution in [2.45, 2.75) is 77.2 Å². The lowest BCUT2D eigenvalue weighted by atomic mass is 9.62. The van der Waals surface area contributed by atoms with Gasteiger partial charge in [-0.3, -0.25) is 4.90 Å². The van der Waals surface area contributed by atoms with Crippen LogP contribution in [0, 0.1) is 5.92 Å². The van der Waals surface area contributed by atoms with Crippen LogP contribution < -0.4 is 0 Å². The zero-order chi connectivity index (χ0) is 13.7. The molecule has 104 valence electrons. The molecule has 0 aromatic heterocycles. The molecule has 2 aliphatic heterocycles. The van der Waals surface area contributed by atoms with Gasteiger partial charge in [0.15, 0.2) is 0 Å². The van der Waals surface area contributed by atoms with E-state index in [1.807, 2.05) is 20.8 Å². The number of aliphatic hydroxyl groups is 1.